The summed E-state index contributed by atoms with van der Waals surface area (Å²) >= 11 is 0. The van der Waals surface area contributed by atoms with Gasteiger partial charge in [-0.05, 0) is 6.92 Å². The van der Waals surface area contributed by atoms with E-state index < -0.39 is 18.6 Å². The quantitative estimate of drug-likeness (QED) is 0.289. The molecule has 156 valence electrons. The van der Waals surface area contributed by atoms with E-state index in [0.29, 0.717) is 59.3 Å². The van der Waals surface area contributed by atoms with Crippen molar-refractivity contribution >= 4 is 11.7 Å². The molecule has 0 saturated heterocycles. The van der Waals surface area contributed by atoms with Crippen molar-refractivity contribution in [3.8, 4) is 0 Å². The Balaban J connectivity index is 0. The van der Waals surface area contributed by atoms with Crippen molar-refractivity contribution in [2.45, 2.75) is 33.3 Å². The lowest BCUT2D eigenvalue weighted by atomic mass is 10.3. The summed E-state index contributed by atoms with van der Waals surface area (Å²) in [6.07, 6.45) is -0.970. The molecular weight excluding hydrogens is 346 g/mol. The molecular formula is C17H35NO8. The standard InChI is InChI=1S/C15H29NO8.C2H6/c1-13(18)2-4-21-6-8-23-10-11-24-9-7-22-5-3-16-15(20)14(19)12-17;1-2/h14,17,19H,2-12H2,1H3,(H,16,20);1-2H3. The molecule has 3 N–H and O–H groups in total. The van der Waals surface area contributed by atoms with E-state index >= 15 is 0 Å². The lowest BCUT2D eigenvalue weighted by molar-refractivity contribution is -0.131. The fourth-order valence-corrected chi connectivity index (χ4v) is 1.42. The molecule has 26 heavy (non-hydrogen) atoms. The largest absolute Gasteiger partial charge is 0.393 e. The SMILES string of the molecule is CC.CC(=O)CCOCCOCCOCCOCCNC(=O)C(O)CO. The summed E-state index contributed by atoms with van der Waals surface area (Å²) in [7, 11) is 0. The van der Waals surface area contributed by atoms with Gasteiger partial charge in [-0.2, -0.15) is 0 Å². The molecule has 9 heteroatoms. The van der Waals surface area contributed by atoms with Crippen LogP contribution in [0.5, 0.6) is 0 Å². The summed E-state index contributed by atoms with van der Waals surface area (Å²) in [5.41, 5.74) is 0. The minimum absolute atomic E-state index is 0.108. The molecule has 1 amide bonds. The van der Waals surface area contributed by atoms with Crippen molar-refractivity contribution in [1.82, 2.24) is 5.32 Å². The van der Waals surface area contributed by atoms with Gasteiger partial charge < -0.3 is 34.5 Å². The van der Waals surface area contributed by atoms with Gasteiger partial charge in [-0.3, -0.25) is 9.59 Å². The van der Waals surface area contributed by atoms with Gasteiger partial charge in [0.05, 0.1) is 59.5 Å². The highest BCUT2D eigenvalue weighted by molar-refractivity contribution is 5.80. The first-order chi connectivity index (χ1) is 12.6. The first-order valence-electron chi connectivity index (χ1n) is 8.95. The van der Waals surface area contributed by atoms with Gasteiger partial charge in [-0.15, -0.1) is 0 Å². The van der Waals surface area contributed by atoms with Gasteiger partial charge in [-0.25, -0.2) is 0 Å². The van der Waals surface area contributed by atoms with Crippen molar-refractivity contribution in [3.05, 3.63) is 0 Å². The molecule has 0 radical (unpaired) electrons. The van der Waals surface area contributed by atoms with Crippen LogP contribution >= 0.6 is 0 Å². The third kappa shape index (κ3) is 20.9. The Kier molecular flexibility index (Phi) is 22.9. The van der Waals surface area contributed by atoms with E-state index in [1.54, 1.807) is 0 Å². The zero-order valence-electron chi connectivity index (χ0n) is 16.2. The molecule has 9 nitrogen and oxygen atoms in total. The van der Waals surface area contributed by atoms with Gasteiger partial charge in [-0.1, -0.05) is 13.8 Å². The maximum Gasteiger partial charge on any atom is 0.251 e. The van der Waals surface area contributed by atoms with E-state index in [2.05, 4.69) is 5.32 Å². The Labute approximate surface area is 155 Å². The van der Waals surface area contributed by atoms with Gasteiger partial charge in [0.2, 0.25) is 0 Å². The van der Waals surface area contributed by atoms with E-state index in [4.69, 9.17) is 29.2 Å². The van der Waals surface area contributed by atoms with Gasteiger partial charge in [0.25, 0.3) is 5.91 Å². The number of rotatable bonds is 17. The molecule has 0 spiro atoms. The fourth-order valence-electron chi connectivity index (χ4n) is 1.42. The summed E-state index contributed by atoms with van der Waals surface area (Å²) in [4.78, 5) is 21.7. The number of aliphatic hydroxyl groups is 2. The van der Waals surface area contributed by atoms with Crippen LogP contribution < -0.4 is 5.32 Å². The second-order valence-electron chi connectivity index (χ2n) is 4.89. The predicted octanol–water partition coefficient (Wildman–Crippen LogP) is -0.472. The highest BCUT2D eigenvalue weighted by atomic mass is 16.6. The zero-order valence-corrected chi connectivity index (χ0v) is 16.2. The van der Waals surface area contributed by atoms with Crippen LogP contribution in [0, 0.1) is 0 Å². The van der Waals surface area contributed by atoms with Crippen LogP contribution in [-0.4, -0.2) is 94.0 Å². The van der Waals surface area contributed by atoms with Crippen LogP contribution in [-0.2, 0) is 28.5 Å². The molecule has 0 aromatic carbocycles. The van der Waals surface area contributed by atoms with E-state index in [9.17, 15) is 9.59 Å². The first-order valence-corrected chi connectivity index (χ1v) is 8.95. The molecule has 0 saturated carbocycles. The summed E-state index contributed by atoms with van der Waals surface area (Å²) in [6, 6.07) is 0. The number of ether oxygens (including phenoxy) is 4. The van der Waals surface area contributed by atoms with E-state index in [0.717, 1.165) is 0 Å². The Morgan fingerprint density at radius 3 is 1.69 bits per heavy atom. The molecule has 0 aromatic heterocycles. The molecule has 0 aliphatic heterocycles. The van der Waals surface area contributed by atoms with Crippen LogP contribution in [0.4, 0.5) is 0 Å². The van der Waals surface area contributed by atoms with Crippen molar-refractivity contribution in [3.63, 3.8) is 0 Å². The summed E-state index contributed by atoms with van der Waals surface area (Å²) < 4.78 is 21.0. The number of carbonyl (C=O) groups excluding carboxylic acids is 2. The predicted molar refractivity (Wildman–Crippen MR) is 96.0 cm³/mol. The number of aliphatic hydroxyl groups excluding tert-OH is 2. The van der Waals surface area contributed by atoms with E-state index in [-0.39, 0.29) is 12.3 Å². The number of hydrogen-bond acceptors (Lipinski definition) is 8. The third-order valence-corrected chi connectivity index (χ3v) is 2.74. The zero-order chi connectivity index (χ0) is 20.0. The molecule has 0 bridgehead atoms. The van der Waals surface area contributed by atoms with Gasteiger partial charge >= 0.3 is 0 Å². The maximum absolute atomic E-state index is 11.1. The highest BCUT2D eigenvalue weighted by Crippen LogP contribution is 1.86. The number of carbonyl (C=O) groups is 2. The molecule has 1 atom stereocenters. The molecule has 0 heterocycles. The number of amides is 1. The summed E-state index contributed by atoms with van der Waals surface area (Å²) in [5.74, 6) is -0.517. The van der Waals surface area contributed by atoms with Crippen molar-refractivity contribution in [2.75, 3.05) is 66.0 Å². The smallest absolute Gasteiger partial charge is 0.251 e. The van der Waals surface area contributed by atoms with Crippen LogP contribution in [0.1, 0.15) is 27.2 Å². The fraction of sp³-hybridized carbons (Fsp3) is 0.882. The minimum atomic E-state index is -1.40. The van der Waals surface area contributed by atoms with Gasteiger partial charge in [0.15, 0.2) is 6.10 Å². The third-order valence-electron chi connectivity index (χ3n) is 2.74. The Hall–Kier alpha value is -1.10. The average Bonchev–Trinajstić information content (AvgIpc) is 2.65. The molecule has 0 aliphatic carbocycles. The van der Waals surface area contributed by atoms with Crippen LogP contribution in [0.25, 0.3) is 0 Å². The lowest BCUT2D eigenvalue weighted by Crippen LogP contribution is -2.38. The highest BCUT2D eigenvalue weighted by Gasteiger charge is 2.11. The monoisotopic (exact) mass is 381 g/mol. The van der Waals surface area contributed by atoms with E-state index in [1.165, 1.54) is 6.92 Å². The Morgan fingerprint density at radius 2 is 1.27 bits per heavy atom. The maximum atomic E-state index is 11.1. The summed E-state index contributed by atoms with van der Waals surface area (Å²) in [5, 5.41) is 20.0. The lowest BCUT2D eigenvalue weighted by Gasteiger charge is -2.09. The van der Waals surface area contributed by atoms with E-state index in [1.807, 2.05) is 13.8 Å². The summed E-state index contributed by atoms with van der Waals surface area (Å²) in [6.45, 7) is 8.48. The second kappa shape index (κ2) is 21.9. The molecule has 0 fully saturated rings. The molecule has 0 aliphatic rings. The molecule has 1 unspecified atom stereocenters. The average molecular weight is 381 g/mol. The Morgan fingerprint density at radius 1 is 0.846 bits per heavy atom. The normalized spacial score (nSPS) is 11.4. The van der Waals surface area contributed by atoms with Crippen molar-refractivity contribution in [2.24, 2.45) is 0 Å². The van der Waals surface area contributed by atoms with Crippen LogP contribution in [0.2, 0.25) is 0 Å². The van der Waals surface area contributed by atoms with Crippen LogP contribution in [0.15, 0.2) is 0 Å². The number of Topliss-reactive ketones (excluding diaryl/α,β-unsaturated/α-hetero) is 1. The molecule has 0 aromatic rings. The number of hydrogen-bond donors (Lipinski definition) is 3. The first kappa shape index (κ1) is 27.1. The second-order valence-corrected chi connectivity index (χ2v) is 4.89. The number of ketones is 1. The van der Waals surface area contributed by atoms with Gasteiger partial charge in [0.1, 0.15) is 5.78 Å². The number of nitrogens with one attached hydrogen (secondary N) is 1. The Bertz CT molecular complexity index is 328. The van der Waals surface area contributed by atoms with Gasteiger partial charge in [0, 0.05) is 13.0 Å². The minimum Gasteiger partial charge on any atom is -0.393 e. The molecule has 0 rings (SSSR count). The topological polar surface area (TPSA) is 124 Å². The van der Waals surface area contributed by atoms with Crippen molar-refractivity contribution < 1.29 is 38.7 Å². The van der Waals surface area contributed by atoms with Crippen molar-refractivity contribution in [1.29, 1.82) is 0 Å². The van der Waals surface area contributed by atoms with Crippen LogP contribution in [0.3, 0.4) is 0 Å².